The summed E-state index contributed by atoms with van der Waals surface area (Å²) in [6.45, 7) is 2.68. The number of para-hydroxylation sites is 1. The van der Waals surface area contributed by atoms with Crippen molar-refractivity contribution < 1.29 is 4.74 Å². The van der Waals surface area contributed by atoms with Gasteiger partial charge in [0.15, 0.2) is 5.65 Å². The Kier molecular flexibility index (Phi) is 4.85. The van der Waals surface area contributed by atoms with Crippen LogP contribution < -0.4 is 5.32 Å². The first-order valence-electron chi connectivity index (χ1n) is 9.00. The van der Waals surface area contributed by atoms with Gasteiger partial charge in [-0.15, -0.1) is 0 Å². The first-order valence-corrected chi connectivity index (χ1v) is 9.00. The average molecular weight is 358 g/mol. The van der Waals surface area contributed by atoms with Crippen molar-refractivity contribution >= 4 is 16.9 Å². The van der Waals surface area contributed by atoms with E-state index in [1.807, 2.05) is 36.4 Å². The molecule has 5 heteroatoms. The summed E-state index contributed by atoms with van der Waals surface area (Å²) in [7, 11) is 1.70. The van der Waals surface area contributed by atoms with Crippen molar-refractivity contribution in [2.45, 2.75) is 13.0 Å². The Hall–Kier alpha value is -3.18. The fraction of sp³-hybridized carbons (Fsp3) is 0.182. The average Bonchev–Trinajstić information content (AvgIpc) is 3.10. The molecule has 0 spiro atoms. The van der Waals surface area contributed by atoms with Crippen molar-refractivity contribution in [2.75, 3.05) is 19.0 Å². The summed E-state index contributed by atoms with van der Waals surface area (Å²) in [6.07, 6.45) is 3.74. The standard InChI is InChI=1S/C22H22N4O/c1-16(14-27-2)25-21-20-19(17-9-5-3-6-10-17)13-26(22(20)24-15-23-21)18-11-7-4-8-12-18/h3-13,15-16H,14H2,1-2H3,(H,23,24,25)/t16-/m0/s1. The summed E-state index contributed by atoms with van der Waals surface area (Å²) in [5.41, 5.74) is 4.18. The van der Waals surface area contributed by atoms with Gasteiger partial charge < -0.3 is 14.6 Å². The lowest BCUT2D eigenvalue weighted by Gasteiger charge is -2.14. The summed E-state index contributed by atoms with van der Waals surface area (Å²) >= 11 is 0. The number of hydrogen-bond donors (Lipinski definition) is 1. The topological polar surface area (TPSA) is 52.0 Å². The van der Waals surface area contributed by atoms with Crippen LogP contribution >= 0.6 is 0 Å². The van der Waals surface area contributed by atoms with Gasteiger partial charge in [0.1, 0.15) is 12.1 Å². The fourth-order valence-corrected chi connectivity index (χ4v) is 3.32. The highest BCUT2D eigenvalue weighted by Gasteiger charge is 2.18. The highest BCUT2D eigenvalue weighted by atomic mass is 16.5. The van der Waals surface area contributed by atoms with E-state index in [2.05, 4.69) is 57.2 Å². The van der Waals surface area contributed by atoms with Gasteiger partial charge in [-0.25, -0.2) is 9.97 Å². The molecule has 0 saturated heterocycles. The molecule has 2 aromatic carbocycles. The third-order valence-corrected chi connectivity index (χ3v) is 4.50. The van der Waals surface area contributed by atoms with Crippen molar-refractivity contribution in [3.63, 3.8) is 0 Å². The lowest BCUT2D eigenvalue weighted by atomic mass is 10.1. The Morgan fingerprint density at radius 1 is 1.00 bits per heavy atom. The number of fused-ring (bicyclic) bond motifs is 1. The summed E-state index contributed by atoms with van der Waals surface area (Å²) < 4.78 is 7.38. The lowest BCUT2D eigenvalue weighted by Crippen LogP contribution is -2.21. The zero-order chi connectivity index (χ0) is 18.6. The summed E-state index contributed by atoms with van der Waals surface area (Å²) in [6, 6.07) is 20.7. The largest absolute Gasteiger partial charge is 0.383 e. The van der Waals surface area contributed by atoms with Gasteiger partial charge >= 0.3 is 0 Å². The van der Waals surface area contributed by atoms with Crippen molar-refractivity contribution in [1.29, 1.82) is 0 Å². The van der Waals surface area contributed by atoms with Crippen LogP contribution in [0.15, 0.2) is 73.2 Å². The van der Waals surface area contributed by atoms with Crippen LogP contribution in [0.3, 0.4) is 0 Å². The molecule has 0 radical (unpaired) electrons. The van der Waals surface area contributed by atoms with Gasteiger partial charge in [-0.3, -0.25) is 0 Å². The summed E-state index contributed by atoms with van der Waals surface area (Å²) in [4.78, 5) is 9.13. The second-order valence-corrected chi connectivity index (χ2v) is 6.54. The van der Waals surface area contributed by atoms with Gasteiger partial charge in [0.05, 0.1) is 12.0 Å². The zero-order valence-electron chi connectivity index (χ0n) is 15.5. The Morgan fingerprint density at radius 3 is 2.41 bits per heavy atom. The minimum Gasteiger partial charge on any atom is -0.383 e. The zero-order valence-corrected chi connectivity index (χ0v) is 15.5. The molecule has 2 aromatic heterocycles. The van der Waals surface area contributed by atoms with Crippen LogP contribution in [0.2, 0.25) is 0 Å². The Labute approximate surface area is 158 Å². The van der Waals surface area contributed by atoms with Gasteiger partial charge in [-0.2, -0.15) is 0 Å². The number of aromatic nitrogens is 3. The van der Waals surface area contributed by atoms with E-state index in [1.54, 1.807) is 13.4 Å². The van der Waals surface area contributed by atoms with Gasteiger partial charge in [0.2, 0.25) is 0 Å². The molecular formula is C22H22N4O. The molecule has 4 aromatic rings. The SMILES string of the molecule is COC[C@H](C)Nc1ncnc2c1c(-c1ccccc1)cn2-c1ccccc1. The normalized spacial score (nSPS) is 12.2. The minimum atomic E-state index is 0.136. The second-order valence-electron chi connectivity index (χ2n) is 6.54. The molecular weight excluding hydrogens is 336 g/mol. The van der Waals surface area contributed by atoms with E-state index in [-0.39, 0.29) is 6.04 Å². The smallest absolute Gasteiger partial charge is 0.150 e. The Morgan fingerprint density at radius 2 is 1.70 bits per heavy atom. The van der Waals surface area contributed by atoms with Crippen LogP contribution in [-0.4, -0.2) is 34.3 Å². The molecule has 1 atom stereocenters. The van der Waals surface area contributed by atoms with Gasteiger partial charge in [-0.05, 0) is 24.6 Å². The molecule has 0 fully saturated rings. The van der Waals surface area contributed by atoms with E-state index in [1.165, 1.54) is 0 Å². The van der Waals surface area contributed by atoms with E-state index in [4.69, 9.17) is 4.74 Å². The van der Waals surface area contributed by atoms with Crippen LogP contribution in [0.25, 0.3) is 27.8 Å². The van der Waals surface area contributed by atoms with Crippen LogP contribution in [-0.2, 0) is 4.74 Å². The fourth-order valence-electron chi connectivity index (χ4n) is 3.32. The van der Waals surface area contributed by atoms with E-state index in [0.717, 1.165) is 33.7 Å². The molecule has 0 bridgehead atoms. The van der Waals surface area contributed by atoms with Gasteiger partial charge in [-0.1, -0.05) is 48.5 Å². The maximum absolute atomic E-state index is 5.27. The number of rotatable bonds is 6. The first kappa shape index (κ1) is 17.2. The molecule has 0 amide bonds. The van der Waals surface area contributed by atoms with Crippen molar-refractivity contribution in [2.24, 2.45) is 0 Å². The molecule has 4 rings (SSSR count). The molecule has 0 aliphatic heterocycles. The molecule has 2 heterocycles. The number of ether oxygens (including phenoxy) is 1. The number of methoxy groups -OCH3 is 1. The Bertz CT molecular complexity index is 1030. The number of nitrogens with one attached hydrogen (secondary N) is 1. The first-order chi connectivity index (χ1) is 13.3. The third kappa shape index (κ3) is 3.41. The summed E-state index contributed by atoms with van der Waals surface area (Å²) in [5.74, 6) is 0.818. The van der Waals surface area contributed by atoms with E-state index in [0.29, 0.717) is 6.61 Å². The molecule has 0 saturated carbocycles. The number of anilines is 1. The molecule has 136 valence electrons. The summed E-state index contributed by atoms with van der Waals surface area (Å²) in [5, 5.41) is 4.48. The quantitative estimate of drug-likeness (QED) is 0.550. The predicted octanol–water partition coefficient (Wildman–Crippen LogP) is 4.53. The Balaban J connectivity index is 1.94. The second kappa shape index (κ2) is 7.60. The monoisotopic (exact) mass is 358 g/mol. The van der Waals surface area contributed by atoms with Crippen molar-refractivity contribution in [3.05, 3.63) is 73.2 Å². The van der Waals surface area contributed by atoms with E-state index < -0.39 is 0 Å². The number of hydrogen-bond acceptors (Lipinski definition) is 4. The number of benzene rings is 2. The number of nitrogens with zero attached hydrogens (tertiary/aromatic N) is 3. The predicted molar refractivity (Wildman–Crippen MR) is 109 cm³/mol. The van der Waals surface area contributed by atoms with Crippen LogP contribution in [0.4, 0.5) is 5.82 Å². The molecule has 5 nitrogen and oxygen atoms in total. The van der Waals surface area contributed by atoms with Gasteiger partial charge in [0.25, 0.3) is 0 Å². The molecule has 0 aliphatic rings. The molecule has 27 heavy (non-hydrogen) atoms. The maximum atomic E-state index is 5.27. The van der Waals surface area contributed by atoms with Crippen molar-refractivity contribution in [1.82, 2.24) is 14.5 Å². The molecule has 0 unspecified atom stereocenters. The van der Waals surface area contributed by atoms with E-state index >= 15 is 0 Å². The molecule has 0 aliphatic carbocycles. The highest BCUT2D eigenvalue weighted by molar-refractivity contribution is 6.02. The van der Waals surface area contributed by atoms with Crippen LogP contribution in [0.1, 0.15) is 6.92 Å². The van der Waals surface area contributed by atoms with E-state index in [9.17, 15) is 0 Å². The minimum absolute atomic E-state index is 0.136. The molecule has 1 N–H and O–H groups in total. The van der Waals surface area contributed by atoms with Crippen LogP contribution in [0, 0.1) is 0 Å². The lowest BCUT2D eigenvalue weighted by molar-refractivity contribution is 0.190. The third-order valence-electron chi connectivity index (χ3n) is 4.50. The van der Waals surface area contributed by atoms with Crippen LogP contribution in [0.5, 0.6) is 0 Å². The van der Waals surface area contributed by atoms with Crippen molar-refractivity contribution in [3.8, 4) is 16.8 Å². The maximum Gasteiger partial charge on any atom is 0.150 e. The van der Waals surface area contributed by atoms with Gasteiger partial charge in [0, 0.05) is 30.6 Å². The highest BCUT2D eigenvalue weighted by Crippen LogP contribution is 2.35.